The highest BCUT2D eigenvalue weighted by molar-refractivity contribution is 6.00. The molecule has 0 atom stereocenters. The Hall–Kier alpha value is -3.15. The molecular formula is C25H29N5O. The van der Waals surface area contributed by atoms with Crippen LogP contribution >= 0.6 is 0 Å². The number of carbonyl (C=O) groups excluding carboxylic acids is 1. The van der Waals surface area contributed by atoms with Gasteiger partial charge in [-0.15, -0.1) is 0 Å². The molecule has 2 fully saturated rings. The summed E-state index contributed by atoms with van der Waals surface area (Å²) in [6.07, 6.45) is 7.86. The van der Waals surface area contributed by atoms with Crippen LogP contribution in [0.1, 0.15) is 48.0 Å². The zero-order valence-corrected chi connectivity index (χ0v) is 17.9. The van der Waals surface area contributed by atoms with Crippen molar-refractivity contribution in [2.24, 2.45) is 0 Å². The molecule has 160 valence electrons. The van der Waals surface area contributed by atoms with E-state index in [-0.39, 0.29) is 5.91 Å². The van der Waals surface area contributed by atoms with E-state index >= 15 is 0 Å². The molecule has 2 aliphatic rings. The minimum absolute atomic E-state index is 0.0711. The van der Waals surface area contributed by atoms with Crippen molar-refractivity contribution in [2.75, 3.05) is 36.0 Å². The SMILES string of the molecule is O=C(NCc1ccc(N2CCCCC2)cc1)c1ccc2ncnc(N3CCCC3)c2c1. The van der Waals surface area contributed by atoms with Crippen LogP contribution in [0.5, 0.6) is 0 Å². The Kier molecular flexibility index (Phi) is 5.69. The summed E-state index contributed by atoms with van der Waals surface area (Å²) in [5.41, 5.74) is 3.91. The number of fused-ring (bicyclic) bond motifs is 1. The fourth-order valence-electron chi connectivity index (χ4n) is 4.63. The molecule has 0 bridgehead atoms. The average molecular weight is 416 g/mol. The van der Waals surface area contributed by atoms with Gasteiger partial charge in [-0.2, -0.15) is 0 Å². The van der Waals surface area contributed by atoms with Crippen LogP contribution in [0.3, 0.4) is 0 Å². The molecule has 6 heteroatoms. The van der Waals surface area contributed by atoms with Gasteiger partial charge in [-0.1, -0.05) is 12.1 Å². The molecule has 0 radical (unpaired) electrons. The molecule has 31 heavy (non-hydrogen) atoms. The van der Waals surface area contributed by atoms with Crippen LogP contribution in [-0.2, 0) is 6.54 Å². The Bertz CT molecular complexity index is 1050. The summed E-state index contributed by atoms with van der Waals surface area (Å²) in [5.74, 6) is 0.865. The number of hydrogen-bond acceptors (Lipinski definition) is 5. The van der Waals surface area contributed by atoms with E-state index in [4.69, 9.17) is 0 Å². The standard InChI is InChI=1S/C25H29N5O/c31-25(26-17-19-6-9-21(10-7-19)29-12-2-1-3-13-29)20-8-11-23-22(16-20)24(28-18-27-23)30-14-4-5-15-30/h6-11,16,18H,1-5,12-15,17H2,(H,26,31). The second-order valence-corrected chi connectivity index (χ2v) is 8.52. The van der Waals surface area contributed by atoms with Gasteiger partial charge in [0.15, 0.2) is 0 Å². The van der Waals surface area contributed by atoms with E-state index in [0.29, 0.717) is 12.1 Å². The lowest BCUT2D eigenvalue weighted by molar-refractivity contribution is 0.0951. The topological polar surface area (TPSA) is 61.4 Å². The van der Waals surface area contributed by atoms with E-state index < -0.39 is 0 Å². The van der Waals surface area contributed by atoms with Gasteiger partial charge in [0.25, 0.3) is 5.91 Å². The first kappa shape index (κ1) is 19.8. The highest BCUT2D eigenvalue weighted by Gasteiger charge is 2.18. The number of hydrogen-bond donors (Lipinski definition) is 1. The van der Waals surface area contributed by atoms with E-state index in [0.717, 1.165) is 48.5 Å². The Morgan fingerprint density at radius 1 is 0.839 bits per heavy atom. The van der Waals surface area contributed by atoms with Crippen molar-refractivity contribution in [3.05, 3.63) is 59.9 Å². The molecule has 3 aromatic rings. The second-order valence-electron chi connectivity index (χ2n) is 8.52. The van der Waals surface area contributed by atoms with Gasteiger partial charge in [0.05, 0.1) is 5.52 Å². The van der Waals surface area contributed by atoms with Crippen LogP contribution in [0.2, 0.25) is 0 Å². The molecule has 2 aromatic carbocycles. The number of anilines is 2. The number of benzene rings is 2. The molecule has 1 aromatic heterocycles. The fraction of sp³-hybridized carbons (Fsp3) is 0.400. The number of nitrogens with one attached hydrogen (secondary N) is 1. The summed E-state index contributed by atoms with van der Waals surface area (Å²) in [6.45, 7) is 4.82. The number of carbonyl (C=O) groups is 1. The first-order chi connectivity index (χ1) is 15.3. The third-order valence-corrected chi connectivity index (χ3v) is 6.39. The summed E-state index contributed by atoms with van der Waals surface area (Å²) in [6, 6.07) is 14.3. The van der Waals surface area contributed by atoms with E-state index in [9.17, 15) is 4.79 Å². The third kappa shape index (κ3) is 4.33. The molecule has 5 rings (SSSR count). The van der Waals surface area contributed by atoms with Crippen LogP contribution < -0.4 is 15.1 Å². The van der Waals surface area contributed by atoms with Crippen molar-refractivity contribution in [1.29, 1.82) is 0 Å². The van der Waals surface area contributed by atoms with Gasteiger partial charge in [-0.05, 0) is 68.0 Å². The van der Waals surface area contributed by atoms with E-state index in [1.165, 1.54) is 37.8 Å². The highest BCUT2D eigenvalue weighted by Crippen LogP contribution is 2.27. The summed E-state index contributed by atoms with van der Waals surface area (Å²) >= 11 is 0. The predicted octanol–water partition coefficient (Wildman–Crippen LogP) is 4.15. The quantitative estimate of drug-likeness (QED) is 0.678. The number of piperidine rings is 1. The van der Waals surface area contributed by atoms with Crippen LogP contribution in [0, 0.1) is 0 Å². The molecule has 1 amide bonds. The molecule has 0 spiro atoms. The minimum Gasteiger partial charge on any atom is -0.372 e. The van der Waals surface area contributed by atoms with Gasteiger partial charge in [0, 0.05) is 49.4 Å². The molecule has 0 unspecified atom stereocenters. The second kappa shape index (κ2) is 8.92. The Morgan fingerprint density at radius 3 is 2.32 bits per heavy atom. The normalized spacial score (nSPS) is 16.6. The molecule has 2 saturated heterocycles. The summed E-state index contributed by atoms with van der Waals surface area (Å²) in [4.78, 5) is 26.5. The highest BCUT2D eigenvalue weighted by atomic mass is 16.1. The number of amides is 1. The Balaban J connectivity index is 1.27. The van der Waals surface area contributed by atoms with Gasteiger partial charge < -0.3 is 15.1 Å². The monoisotopic (exact) mass is 415 g/mol. The molecule has 1 N–H and O–H groups in total. The van der Waals surface area contributed by atoms with Gasteiger partial charge in [-0.3, -0.25) is 4.79 Å². The first-order valence-corrected chi connectivity index (χ1v) is 11.4. The fourth-order valence-corrected chi connectivity index (χ4v) is 4.63. The van der Waals surface area contributed by atoms with Gasteiger partial charge >= 0.3 is 0 Å². The zero-order valence-electron chi connectivity index (χ0n) is 17.9. The third-order valence-electron chi connectivity index (χ3n) is 6.39. The minimum atomic E-state index is -0.0711. The summed E-state index contributed by atoms with van der Waals surface area (Å²) < 4.78 is 0. The van der Waals surface area contributed by atoms with Crippen molar-refractivity contribution < 1.29 is 4.79 Å². The van der Waals surface area contributed by atoms with Crippen LogP contribution in [-0.4, -0.2) is 42.1 Å². The molecule has 0 saturated carbocycles. The van der Waals surface area contributed by atoms with Crippen molar-refractivity contribution >= 4 is 28.3 Å². The first-order valence-electron chi connectivity index (χ1n) is 11.4. The Morgan fingerprint density at radius 2 is 1.55 bits per heavy atom. The average Bonchev–Trinajstić information content (AvgIpc) is 3.37. The largest absolute Gasteiger partial charge is 0.372 e. The number of nitrogens with zero attached hydrogens (tertiary/aromatic N) is 4. The molecule has 2 aliphatic heterocycles. The molecule has 6 nitrogen and oxygen atoms in total. The van der Waals surface area contributed by atoms with Crippen LogP contribution in [0.4, 0.5) is 11.5 Å². The van der Waals surface area contributed by atoms with Crippen LogP contribution in [0.25, 0.3) is 10.9 Å². The summed E-state index contributed by atoms with van der Waals surface area (Å²) in [5, 5.41) is 4.01. The predicted molar refractivity (Wildman–Crippen MR) is 125 cm³/mol. The molecular weight excluding hydrogens is 386 g/mol. The van der Waals surface area contributed by atoms with Gasteiger partial charge in [-0.25, -0.2) is 9.97 Å². The van der Waals surface area contributed by atoms with Crippen molar-refractivity contribution in [2.45, 2.75) is 38.6 Å². The smallest absolute Gasteiger partial charge is 0.251 e. The number of rotatable bonds is 5. The summed E-state index contributed by atoms with van der Waals surface area (Å²) in [7, 11) is 0. The lowest BCUT2D eigenvalue weighted by atomic mass is 10.1. The maximum Gasteiger partial charge on any atom is 0.251 e. The van der Waals surface area contributed by atoms with Crippen LogP contribution in [0.15, 0.2) is 48.8 Å². The molecule has 0 aliphatic carbocycles. The van der Waals surface area contributed by atoms with Gasteiger partial charge in [0.1, 0.15) is 12.1 Å². The molecule has 3 heterocycles. The maximum absolute atomic E-state index is 12.8. The van der Waals surface area contributed by atoms with Crippen molar-refractivity contribution in [3.63, 3.8) is 0 Å². The van der Waals surface area contributed by atoms with E-state index in [2.05, 4.69) is 49.4 Å². The number of aromatic nitrogens is 2. The Labute approximate surface area is 183 Å². The van der Waals surface area contributed by atoms with E-state index in [1.54, 1.807) is 6.33 Å². The lowest BCUT2D eigenvalue weighted by Crippen LogP contribution is -2.29. The van der Waals surface area contributed by atoms with Crippen molar-refractivity contribution in [1.82, 2.24) is 15.3 Å². The zero-order chi connectivity index (χ0) is 21.0. The lowest BCUT2D eigenvalue weighted by Gasteiger charge is -2.28. The van der Waals surface area contributed by atoms with Crippen molar-refractivity contribution in [3.8, 4) is 0 Å². The van der Waals surface area contributed by atoms with E-state index in [1.807, 2.05) is 18.2 Å². The van der Waals surface area contributed by atoms with Gasteiger partial charge in [0.2, 0.25) is 0 Å². The maximum atomic E-state index is 12.8.